The van der Waals surface area contributed by atoms with Gasteiger partial charge in [0, 0.05) is 68.0 Å². The number of piperidine rings is 1. The van der Waals surface area contributed by atoms with E-state index in [4.69, 9.17) is 0 Å². The number of nitrogens with zero attached hydrogens (tertiary/aromatic N) is 5. The van der Waals surface area contributed by atoms with Crippen molar-refractivity contribution in [3.63, 3.8) is 0 Å². The van der Waals surface area contributed by atoms with E-state index in [0.717, 1.165) is 67.5 Å². The van der Waals surface area contributed by atoms with Crippen LogP contribution in [0.15, 0.2) is 71.7 Å². The lowest BCUT2D eigenvalue weighted by Crippen LogP contribution is -2.44. The molecule has 0 saturated carbocycles. The third-order valence-electron chi connectivity index (χ3n) is 8.39. The van der Waals surface area contributed by atoms with E-state index in [1.807, 2.05) is 61.5 Å². The zero-order valence-electron chi connectivity index (χ0n) is 24.8. The lowest BCUT2D eigenvalue weighted by Gasteiger charge is -2.32. The number of aromatic nitrogens is 3. The number of rotatable bonds is 7. The Kier molecular flexibility index (Phi) is 8.37. The Morgan fingerprint density at radius 1 is 0.837 bits per heavy atom. The van der Waals surface area contributed by atoms with Crippen molar-refractivity contribution in [2.45, 2.75) is 26.2 Å². The monoisotopic (exact) mass is 578 g/mol. The van der Waals surface area contributed by atoms with Gasteiger partial charge in [-0.15, -0.1) is 10.2 Å². The van der Waals surface area contributed by atoms with Gasteiger partial charge in [-0.3, -0.25) is 9.59 Å². The van der Waals surface area contributed by atoms with Crippen LogP contribution in [0, 0.1) is 6.92 Å². The molecule has 0 aliphatic carbocycles. The fourth-order valence-electron chi connectivity index (χ4n) is 5.72. The average molecular weight is 579 g/mol. The summed E-state index contributed by atoms with van der Waals surface area (Å²) in [5.41, 5.74) is 5.20. The number of anilines is 5. The van der Waals surface area contributed by atoms with Gasteiger partial charge in [0.05, 0.1) is 0 Å². The van der Waals surface area contributed by atoms with Crippen molar-refractivity contribution in [1.29, 1.82) is 0 Å². The molecular formula is C33H38N8O2. The van der Waals surface area contributed by atoms with Gasteiger partial charge in [-0.05, 0) is 92.9 Å². The summed E-state index contributed by atoms with van der Waals surface area (Å²) in [6.07, 6.45) is 5.39. The number of hydrogen-bond acceptors (Lipinski definition) is 8. The highest BCUT2D eigenvalue weighted by Crippen LogP contribution is 2.30. The highest BCUT2D eigenvalue weighted by atomic mass is 16.1. The Morgan fingerprint density at radius 2 is 1.60 bits per heavy atom. The zero-order valence-corrected chi connectivity index (χ0v) is 24.8. The molecule has 2 saturated heterocycles. The number of H-pyrrole nitrogens is 1. The molecule has 0 spiro atoms. The number of hydrogen-bond donors (Lipinski definition) is 3. The van der Waals surface area contributed by atoms with Crippen LogP contribution in [0.2, 0.25) is 0 Å². The Morgan fingerprint density at radius 3 is 2.33 bits per heavy atom. The summed E-state index contributed by atoms with van der Waals surface area (Å²) in [7, 11) is 2.12. The van der Waals surface area contributed by atoms with Gasteiger partial charge in [0.15, 0.2) is 11.6 Å². The van der Waals surface area contributed by atoms with E-state index >= 15 is 0 Å². The minimum absolute atomic E-state index is 0.159. The van der Waals surface area contributed by atoms with Crippen molar-refractivity contribution < 1.29 is 4.79 Å². The molecule has 2 aromatic carbocycles. The van der Waals surface area contributed by atoms with Crippen LogP contribution in [0.5, 0.6) is 0 Å². The quantitative estimate of drug-likeness (QED) is 0.285. The van der Waals surface area contributed by atoms with E-state index < -0.39 is 0 Å². The van der Waals surface area contributed by atoms with E-state index in [1.54, 1.807) is 12.3 Å². The lowest BCUT2D eigenvalue weighted by molar-refractivity contribution is 0.102. The number of amides is 1. The van der Waals surface area contributed by atoms with Gasteiger partial charge < -0.3 is 30.3 Å². The highest BCUT2D eigenvalue weighted by molar-refractivity contribution is 6.05. The second kappa shape index (κ2) is 12.7. The van der Waals surface area contributed by atoms with Crippen molar-refractivity contribution in [2.75, 3.05) is 66.7 Å². The summed E-state index contributed by atoms with van der Waals surface area (Å²) in [6, 6.07) is 19.2. The van der Waals surface area contributed by atoms with E-state index in [2.05, 4.69) is 47.6 Å². The Balaban J connectivity index is 1.15. The van der Waals surface area contributed by atoms with Gasteiger partial charge >= 0.3 is 0 Å². The SMILES string of the molecule is Cc1c(NC(=O)c2ccc(N3CCCCC3)cc2)cccc1-c1c[nH]c(=O)c(Nc2ccc(N3CCN(C)CC3)nn2)c1. The molecule has 0 atom stereocenters. The van der Waals surface area contributed by atoms with E-state index in [-0.39, 0.29) is 11.5 Å². The molecule has 222 valence electrons. The minimum Gasteiger partial charge on any atom is -0.372 e. The molecule has 43 heavy (non-hydrogen) atoms. The summed E-state index contributed by atoms with van der Waals surface area (Å²) in [6.45, 7) is 7.88. The molecule has 1 amide bonds. The molecule has 0 radical (unpaired) electrons. The Bertz CT molecular complexity index is 1620. The van der Waals surface area contributed by atoms with Gasteiger partial charge in [0.25, 0.3) is 11.5 Å². The molecule has 0 bridgehead atoms. The van der Waals surface area contributed by atoms with Crippen LogP contribution in [0.4, 0.5) is 28.7 Å². The highest BCUT2D eigenvalue weighted by Gasteiger charge is 2.17. The van der Waals surface area contributed by atoms with Crippen LogP contribution in [-0.2, 0) is 0 Å². The van der Waals surface area contributed by atoms with E-state index in [0.29, 0.717) is 22.8 Å². The van der Waals surface area contributed by atoms with Crippen molar-refractivity contribution in [1.82, 2.24) is 20.1 Å². The molecule has 2 aromatic heterocycles. The number of aromatic amines is 1. The summed E-state index contributed by atoms with van der Waals surface area (Å²) in [4.78, 5) is 35.5. The first-order valence-corrected chi connectivity index (χ1v) is 15.0. The number of piperazine rings is 1. The maximum Gasteiger partial charge on any atom is 0.271 e. The molecule has 4 aromatic rings. The maximum absolute atomic E-state index is 13.1. The summed E-state index contributed by atoms with van der Waals surface area (Å²) in [5, 5.41) is 14.9. The van der Waals surface area contributed by atoms with Crippen molar-refractivity contribution in [2.24, 2.45) is 0 Å². The molecule has 10 heteroatoms. The van der Waals surface area contributed by atoms with Crippen LogP contribution in [0.1, 0.15) is 35.2 Å². The predicted octanol–water partition coefficient (Wildman–Crippen LogP) is 4.88. The molecule has 3 N–H and O–H groups in total. The first-order chi connectivity index (χ1) is 20.9. The number of benzene rings is 2. The molecule has 0 unspecified atom stereocenters. The molecule has 2 fully saturated rings. The van der Waals surface area contributed by atoms with Gasteiger partial charge in [-0.1, -0.05) is 12.1 Å². The largest absolute Gasteiger partial charge is 0.372 e. The predicted molar refractivity (Wildman–Crippen MR) is 173 cm³/mol. The van der Waals surface area contributed by atoms with E-state index in [1.165, 1.54) is 19.3 Å². The number of nitrogens with one attached hydrogen (secondary N) is 3. The van der Waals surface area contributed by atoms with Crippen molar-refractivity contribution >= 4 is 34.6 Å². The first-order valence-electron chi connectivity index (χ1n) is 15.0. The van der Waals surface area contributed by atoms with E-state index in [9.17, 15) is 9.59 Å². The number of pyridine rings is 1. The van der Waals surface area contributed by atoms with Crippen LogP contribution in [-0.4, -0.2) is 72.3 Å². The van der Waals surface area contributed by atoms with Crippen LogP contribution in [0.3, 0.4) is 0 Å². The number of likely N-dealkylation sites (N-methyl/N-ethyl adjacent to an activating group) is 1. The maximum atomic E-state index is 13.1. The number of carbonyl (C=O) groups excluding carboxylic acids is 1. The topological polar surface area (TPSA) is 109 Å². The first kappa shape index (κ1) is 28.4. The minimum atomic E-state index is -0.260. The number of carbonyl (C=O) groups is 1. The molecular weight excluding hydrogens is 540 g/mol. The summed E-state index contributed by atoms with van der Waals surface area (Å²) in [5.74, 6) is 1.16. The molecule has 2 aliphatic rings. The van der Waals surface area contributed by atoms with Crippen molar-refractivity contribution in [3.05, 3.63) is 88.3 Å². The zero-order chi connectivity index (χ0) is 29.8. The van der Waals surface area contributed by atoms with Crippen LogP contribution < -0.4 is 26.0 Å². The average Bonchev–Trinajstić information content (AvgIpc) is 3.04. The van der Waals surface area contributed by atoms with Gasteiger partial charge in [0.2, 0.25) is 0 Å². The third kappa shape index (κ3) is 6.54. The van der Waals surface area contributed by atoms with Gasteiger partial charge in [-0.25, -0.2) is 0 Å². The smallest absolute Gasteiger partial charge is 0.271 e. The molecule has 2 aliphatic heterocycles. The van der Waals surface area contributed by atoms with Gasteiger partial charge in [0.1, 0.15) is 5.69 Å². The molecule has 4 heterocycles. The van der Waals surface area contributed by atoms with Crippen LogP contribution >= 0.6 is 0 Å². The van der Waals surface area contributed by atoms with Gasteiger partial charge in [-0.2, -0.15) is 0 Å². The van der Waals surface area contributed by atoms with Crippen molar-refractivity contribution in [3.8, 4) is 11.1 Å². The normalized spacial score (nSPS) is 15.8. The summed E-state index contributed by atoms with van der Waals surface area (Å²) >= 11 is 0. The second-order valence-electron chi connectivity index (χ2n) is 11.4. The molecule has 10 nitrogen and oxygen atoms in total. The Labute approximate surface area is 251 Å². The fourth-order valence-corrected chi connectivity index (χ4v) is 5.72. The standard InChI is InChI=1S/C33H38N8O2/c1-23-27(7-6-8-28(23)36-32(42)24-9-11-26(12-10-24)40-15-4-3-5-16-40)25-21-29(33(43)34-22-25)35-30-13-14-31(38-37-30)41-19-17-39(2)18-20-41/h6-14,21-22H,3-5,15-20H2,1-2H3,(H,34,43)(H,35,37)(H,36,42). The third-order valence-corrected chi connectivity index (χ3v) is 8.39. The lowest BCUT2D eigenvalue weighted by atomic mass is 10.00. The second-order valence-corrected chi connectivity index (χ2v) is 11.4. The Hall–Kier alpha value is -4.70. The fraction of sp³-hybridized carbons (Fsp3) is 0.333. The summed E-state index contributed by atoms with van der Waals surface area (Å²) < 4.78 is 0. The molecule has 6 rings (SSSR count). The van der Waals surface area contributed by atoms with Crippen LogP contribution in [0.25, 0.3) is 11.1 Å².